The Kier molecular flexibility index (Phi) is 6.16. The largest absolute Gasteiger partial charge is 0.334 e. The summed E-state index contributed by atoms with van der Waals surface area (Å²) >= 11 is 0. The van der Waals surface area contributed by atoms with Crippen LogP contribution >= 0.6 is 0 Å². The number of nitrogens with two attached hydrogens (primary N) is 1. The zero-order valence-electron chi connectivity index (χ0n) is 12.8. The van der Waals surface area contributed by atoms with Crippen molar-refractivity contribution in [2.45, 2.75) is 58.1 Å². The maximum Gasteiger partial charge on any atom is 0.262 e. The van der Waals surface area contributed by atoms with Crippen LogP contribution in [0.25, 0.3) is 0 Å². The van der Waals surface area contributed by atoms with Gasteiger partial charge in [-0.25, -0.2) is 13.4 Å². The van der Waals surface area contributed by atoms with Gasteiger partial charge in [0.15, 0.2) is 5.03 Å². The Balaban J connectivity index is 3.21. The maximum atomic E-state index is 12.8. The van der Waals surface area contributed by atoms with Crippen molar-refractivity contribution in [1.29, 1.82) is 0 Å². The fourth-order valence-corrected chi connectivity index (χ4v) is 4.15. The van der Waals surface area contributed by atoms with Crippen molar-refractivity contribution in [2.24, 2.45) is 5.73 Å². The third-order valence-corrected chi connectivity index (χ3v) is 5.39. The van der Waals surface area contributed by atoms with Gasteiger partial charge in [-0.3, -0.25) is 0 Å². The Morgan fingerprint density at radius 3 is 2.35 bits per heavy atom. The Hall–Kier alpha value is -0.920. The number of aryl methyl sites for hydroxylation is 2. The highest BCUT2D eigenvalue weighted by molar-refractivity contribution is 7.89. The second kappa shape index (κ2) is 7.19. The fraction of sp³-hybridized carbons (Fsp3) is 0.769. The average Bonchev–Trinajstić information content (AvgIpc) is 2.81. The van der Waals surface area contributed by atoms with Crippen molar-refractivity contribution in [3.8, 4) is 0 Å². The van der Waals surface area contributed by atoms with Crippen LogP contribution in [0.2, 0.25) is 0 Å². The minimum Gasteiger partial charge on any atom is -0.334 e. The average molecular weight is 302 g/mol. The molecule has 0 atom stereocenters. The van der Waals surface area contributed by atoms with E-state index in [2.05, 4.69) is 4.98 Å². The van der Waals surface area contributed by atoms with Gasteiger partial charge in [-0.15, -0.1) is 0 Å². The summed E-state index contributed by atoms with van der Waals surface area (Å²) in [5.41, 5.74) is 5.58. The highest BCUT2D eigenvalue weighted by atomic mass is 32.2. The summed E-state index contributed by atoms with van der Waals surface area (Å²) < 4.78 is 28.8. The monoisotopic (exact) mass is 302 g/mol. The molecule has 1 aromatic heterocycles. The molecule has 2 N–H and O–H groups in total. The molecule has 0 radical (unpaired) electrons. The molecule has 0 unspecified atom stereocenters. The normalized spacial score (nSPS) is 12.6. The molecule has 0 amide bonds. The number of nitrogens with zero attached hydrogens (tertiary/aromatic N) is 3. The molecule has 6 nitrogen and oxygen atoms in total. The van der Waals surface area contributed by atoms with Crippen molar-refractivity contribution < 1.29 is 8.42 Å². The summed E-state index contributed by atoms with van der Waals surface area (Å²) in [6.45, 7) is 9.09. The second-order valence-corrected chi connectivity index (χ2v) is 6.62. The zero-order chi connectivity index (χ0) is 15.3. The van der Waals surface area contributed by atoms with Gasteiger partial charge in [0, 0.05) is 31.9 Å². The van der Waals surface area contributed by atoms with Crippen molar-refractivity contribution in [3.05, 3.63) is 12.0 Å². The highest BCUT2D eigenvalue weighted by Crippen LogP contribution is 2.20. The maximum absolute atomic E-state index is 12.8. The molecule has 7 heteroatoms. The van der Waals surface area contributed by atoms with Crippen molar-refractivity contribution in [1.82, 2.24) is 13.9 Å². The fourth-order valence-electron chi connectivity index (χ4n) is 2.37. The van der Waals surface area contributed by atoms with Crippen molar-refractivity contribution in [3.63, 3.8) is 0 Å². The van der Waals surface area contributed by atoms with Crippen LogP contribution in [0.4, 0.5) is 0 Å². The van der Waals surface area contributed by atoms with Crippen LogP contribution in [0.3, 0.4) is 0 Å². The van der Waals surface area contributed by atoms with Gasteiger partial charge in [-0.2, -0.15) is 4.31 Å². The van der Waals surface area contributed by atoms with Gasteiger partial charge in [0.05, 0.1) is 0 Å². The van der Waals surface area contributed by atoms with Crippen LogP contribution in [-0.2, 0) is 16.6 Å². The van der Waals surface area contributed by atoms with Crippen LogP contribution in [-0.4, -0.2) is 41.4 Å². The first-order chi connectivity index (χ1) is 9.42. The minimum atomic E-state index is -3.58. The quantitative estimate of drug-likeness (QED) is 0.786. The number of hydrogen-bond donors (Lipinski definition) is 1. The van der Waals surface area contributed by atoms with Crippen LogP contribution in [0.15, 0.2) is 11.2 Å². The van der Waals surface area contributed by atoms with E-state index in [4.69, 9.17) is 5.73 Å². The summed E-state index contributed by atoms with van der Waals surface area (Å²) in [4.78, 5) is 4.20. The smallest absolute Gasteiger partial charge is 0.262 e. The molecule has 0 aromatic carbocycles. The molecule has 0 aliphatic carbocycles. The first-order valence-electron chi connectivity index (χ1n) is 7.17. The van der Waals surface area contributed by atoms with Gasteiger partial charge in [0.1, 0.15) is 5.82 Å². The molecule has 0 spiro atoms. The molecular weight excluding hydrogens is 276 g/mol. The Morgan fingerprint density at radius 1 is 1.35 bits per heavy atom. The molecule has 0 aliphatic heterocycles. The molecule has 0 saturated carbocycles. The molecule has 20 heavy (non-hydrogen) atoms. The van der Waals surface area contributed by atoms with Gasteiger partial charge in [-0.1, -0.05) is 13.8 Å². The first-order valence-corrected chi connectivity index (χ1v) is 8.61. The Morgan fingerprint density at radius 2 is 1.95 bits per heavy atom. The lowest BCUT2D eigenvalue weighted by Crippen LogP contribution is -2.42. The van der Waals surface area contributed by atoms with E-state index in [1.807, 2.05) is 32.3 Å². The molecular formula is C13H26N4O2S. The number of aromatic nitrogens is 2. The van der Waals surface area contributed by atoms with Crippen LogP contribution in [0.1, 0.15) is 39.4 Å². The third-order valence-electron chi connectivity index (χ3n) is 3.57. The van der Waals surface area contributed by atoms with Gasteiger partial charge in [0.2, 0.25) is 0 Å². The summed E-state index contributed by atoms with van der Waals surface area (Å²) in [5, 5.41) is 0.122. The summed E-state index contributed by atoms with van der Waals surface area (Å²) in [6.07, 6.45) is 3.14. The zero-order valence-corrected chi connectivity index (χ0v) is 13.7. The molecule has 0 bridgehead atoms. The predicted octanol–water partition coefficient (Wildman–Crippen LogP) is 1.35. The van der Waals surface area contributed by atoms with Gasteiger partial charge in [-0.05, 0) is 26.7 Å². The molecule has 1 heterocycles. The SMILES string of the molecule is CCC(CC)N(CCN)S(=O)(=O)c1cn(CC)c(C)n1. The van der Waals surface area contributed by atoms with E-state index >= 15 is 0 Å². The summed E-state index contributed by atoms with van der Waals surface area (Å²) in [5.74, 6) is 0.711. The number of rotatable bonds is 8. The standard InChI is InChI=1S/C13H26N4O2S/c1-5-12(6-2)17(9-8-14)20(18,19)13-10-16(7-3)11(4)15-13/h10,12H,5-9,14H2,1-4H3. The second-order valence-electron chi connectivity index (χ2n) is 4.79. The van der Waals surface area contributed by atoms with Crippen LogP contribution in [0.5, 0.6) is 0 Å². The number of imidazole rings is 1. The van der Waals surface area contributed by atoms with Gasteiger partial charge < -0.3 is 10.3 Å². The molecule has 0 fully saturated rings. The van der Waals surface area contributed by atoms with E-state index in [-0.39, 0.29) is 11.1 Å². The Bertz CT molecular complexity index is 520. The van der Waals surface area contributed by atoms with Crippen molar-refractivity contribution in [2.75, 3.05) is 13.1 Å². The van der Waals surface area contributed by atoms with Crippen molar-refractivity contribution >= 4 is 10.0 Å². The lowest BCUT2D eigenvalue weighted by atomic mass is 10.2. The molecule has 116 valence electrons. The van der Waals surface area contributed by atoms with E-state index in [0.717, 1.165) is 12.8 Å². The molecule has 0 saturated heterocycles. The van der Waals surface area contributed by atoms with E-state index in [1.54, 1.807) is 6.20 Å². The van der Waals surface area contributed by atoms with E-state index in [9.17, 15) is 8.42 Å². The lowest BCUT2D eigenvalue weighted by molar-refractivity contribution is 0.308. The molecule has 0 aliphatic rings. The van der Waals surface area contributed by atoms with Gasteiger partial charge >= 0.3 is 0 Å². The van der Waals surface area contributed by atoms with Crippen LogP contribution < -0.4 is 5.73 Å². The highest BCUT2D eigenvalue weighted by Gasteiger charge is 2.31. The third kappa shape index (κ3) is 3.39. The minimum absolute atomic E-state index is 0.0318. The molecule has 1 rings (SSSR count). The van der Waals surface area contributed by atoms with Gasteiger partial charge in [0.25, 0.3) is 10.0 Å². The van der Waals surface area contributed by atoms with E-state index in [0.29, 0.717) is 25.5 Å². The van der Waals surface area contributed by atoms with E-state index < -0.39 is 10.0 Å². The first kappa shape index (κ1) is 17.1. The predicted molar refractivity (Wildman–Crippen MR) is 80.0 cm³/mol. The number of sulfonamides is 1. The molecule has 1 aromatic rings. The summed E-state index contributed by atoms with van der Waals surface area (Å²) in [7, 11) is -3.58. The Labute approximate surface area is 122 Å². The van der Waals surface area contributed by atoms with Crippen LogP contribution in [0, 0.1) is 6.92 Å². The van der Waals surface area contributed by atoms with E-state index in [1.165, 1.54) is 4.31 Å². The number of hydrogen-bond acceptors (Lipinski definition) is 4. The topological polar surface area (TPSA) is 81.2 Å². The summed E-state index contributed by atoms with van der Waals surface area (Å²) in [6, 6.07) is -0.0318. The lowest BCUT2D eigenvalue weighted by Gasteiger charge is -2.28.